The lowest BCUT2D eigenvalue weighted by atomic mass is 10.1. The van der Waals surface area contributed by atoms with Crippen molar-refractivity contribution < 1.29 is 14.6 Å². The van der Waals surface area contributed by atoms with Crippen molar-refractivity contribution in [2.75, 3.05) is 13.7 Å². The maximum Gasteiger partial charge on any atom is 0.353 e. The van der Waals surface area contributed by atoms with Crippen LogP contribution < -0.4 is 10.4 Å². The third kappa shape index (κ3) is 7.66. The van der Waals surface area contributed by atoms with E-state index in [0.717, 1.165) is 12.8 Å². The molecule has 0 aromatic heterocycles. The molecule has 4 nitrogen and oxygen atoms in total. The molecule has 0 aromatic carbocycles. The number of likely N-dealkylation sites (N-methyl/N-ethyl adjacent to an activating group) is 1. The highest BCUT2D eigenvalue weighted by Gasteiger charge is 2.08. The second-order valence-electron chi connectivity index (χ2n) is 4.08. The summed E-state index contributed by atoms with van der Waals surface area (Å²) in [6.45, 7) is 3.92. The smallest absolute Gasteiger partial charge is 0.353 e. The van der Waals surface area contributed by atoms with E-state index in [1.54, 1.807) is 7.05 Å². The Morgan fingerprint density at radius 3 is 2.29 bits per heavy atom. The number of esters is 1. The molecule has 0 unspecified atom stereocenters. The zero-order chi connectivity index (χ0) is 13.1. The number of rotatable bonds is 9. The van der Waals surface area contributed by atoms with Crippen LogP contribution in [0.15, 0.2) is 11.5 Å². The van der Waals surface area contributed by atoms with Gasteiger partial charge in [-0.3, -0.25) is 0 Å². The van der Waals surface area contributed by atoms with Crippen LogP contribution in [0.4, 0.5) is 0 Å². The van der Waals surface area contributed by atoms with Crippen molar-refractivity contribution >= 4 is 5.97 Å². The molecule has 17 heavy (non-hydrogen) atoms. The molecule has 0 bridgehead atoms. The van der Waals surface area contributed by atoms with Gasteiger partial charge in [0.15, 0.2) is 0 Å². The summed E-state index contributed by atoms with van der Waals surface area (Å²) in [6, 6.07) is 0. The highest BCUT2D eigenvalue weighted by Crippen LogP contribution is 2.05. The second kappa shape index (κ2) is 10.00. The highest BCUT2D eigenvalue weighted by atomic mass is 16.5. The zero-order valence-corrected chi connectivity index (χ0v) is 11.2. The van der Waals surface area contributed by atoms with Crippen LogP contribution in [-0.4, -0.2) is 19.6 Å². The standard InChI is InChI=1S/C13H25NO3/c1-4-5-6-7-8-9-10-17-13(16)12(14-3)11(2)15/h14-15H,4-10H2,1-3H3/p-1/b12-11+. The second-order valence-corrected chi connectivity index (χ2v) is 4.08. The molecule has 0 saturated carbocycles. The Bertz CT molecular complexity index is 245. The van der Waals surface area contributed by atoms with Crippen molar-refractivity contribution in [3.63, 3.8) is 0 Å². The topological polar surface area (TPSA) is 61.4 Å². The molecule has 0 aliphatic carbocycles. The quantitative estimate of drug-likeness (QED) is 0.289. The summed E-state index contributed by atoms with van der Waals surface area (Å²) >= 11 is 0. The Morgan fingerprint density at radius 1 is 1.18 bits per heavy atom. The fourth-order valence-electron chi connectivity index (χ4n) is 1.54. The first kappa shape index (κ1) is 15.8. The maximum atomic E-state index is 11.4. The van der Waals surface area contributed by atoms with Gasteiger partial charge in [-0.1, -0.05) is 46.0 Å². The molecular formula is C13H24NO3-. The minimum Gasteiger partial charge on any atom is -0.874 e. The molecule has 4 heteroatoms. The molecule has 0 saturated heterocycles. The molecule has 0 atom stereocenters. The van der Waals surface area contributed by atoms with Gasteiger partial charge >= 0.3 is 5.97 Å². The molecule has 100 valence electrons. The Balaban J connectivity index is 3.62. The third-order valence-corrected chi connectivity index (χ3v) is 2.54. The minimum absolute atomic E-state index is 0.0241. The van der Waals surface area contributed by atoms with E-state index in [1.165, 1.54) is 32.6 Å². The number of carbonyl (C=O) groups excluding carboxylic acids is 1. The van der Waals surface area contributed by atoms with Crippen LogP contribution in [-0.2, 0) is 9.53 Å². The predicted molar refractivity (Wildman–Crippen MR) is 66.1 cm³/mol. The summed E-state index contributed by atoms with van der Waals surface area (Å²) in [4.78, 5) is 11.4. The van der Waals surface area contributed by atoms with Crippen LogP contribution in [0.3, 0.4) is 0 Å². The Kier molecular flexibility index (Phi) is 9.30. The van der Waals surface area contributed by atoms with E-state index in [2.05, 4.69) is 12.2 Å². The predicted octanol–water partition coefficient (Wildman–Crippen LogP) is 1.70. The zero-order valence-electron chi connectivity index (χ0n) is 11.2. The average Bonchev–Trinajstić information content (AvgIpc) is 2.28. The molecule has 0 aliphatic heterocycles. The molecule has 0 aliphatic rings. The molecule has 0 fully saturated rings. The molecule has 0 aromatic rings. The summed E-state index contributed by atoms with van der Waals surface area (Å²) in [7, 11) is 1.54. The van der Waals surface area contributed by atoms with Crippen LogP contribution in [0.25, 0.3) is 0 Å². The molecule has 0 radical (unpaired) electrons. The van der Waals surface area contributed by atoms with Crippen molar-refractivity contribution in [1.82, 2.24) is 5.32 Å². The fourth-order valence-corrected chi connectivity index (χ4v) is 1.54. The van der Waals surface area contributed by atoms with Gasteiger partial charge < -0.3 is 15.2 Å². The monoisotopic (exact) mass is 242 g/mol. The maximum absolute atomic E-state index is 11.4. The number of ether oxygens (including phenoxy) is 1. The van der Waals surface area contributed by atoms with Gasteiger partial charge in [0.1, 0.15) is 5.70 Å². The molecular weight excluding hydrogens is 218 g/mol. The third-order valence-electron chi connectivity index (χ3n) is 2.54. The van der Waals surface area contributed by atoms with E-state index in [0.29, 0.717) is 6.61 Å². The van der Waals surface area contributed by atoms with E-state index in [9.17, 15) is 9.90 Å². The number of carbonyl (C=O) groups is 1. The summed E-state index contributed by atoms with van der Waals surface area (Å²) in [6.07, 6.45) is 6.86. The van der Waals surface area contributed by atoms with Gasteiger partial charge in [0, 0.05) is 7.05 Å². The SMILES string of the molecule is CCCCCCCCOC(=O)/C(NC)=C(/C)[O-]. The van der Waals surface area contributed by atoms with Gasteiger partial charge in [-0.05, 0) is 6.42 Å². The lowest BCUT2D eigenvalue weighted by molar-refractivity contribution is -0.303. The van der Waals surface area contributed by atoms with Crippen LogP contribution in [0.5, 0.6) is 0 Å². The molecule has 0 heterocycles. The van der Waals surface area contributed by atoms with Gasteiger partial charge in [0.2, 0.25) is 0 Å². The Labute approximate surface area is 104 Å². The molecule has 0 rings (SSSR count). The van der Waals surface area contributed by atoms with Crippen molar-refractivity contribution in [3.05, 3.63) is 11.5 Å². The lowest BCUT2D eigenvalue weighted by Crippen LogP contribution is -2.24. The van der Waals surface area contributed by atoms with Crippen LogP contribution >= 0.6 is 0 Å². The van der Waals surface area contributed by atoms with Gasteiger partial charge in [-0.2, -0.15) is 0 Å². The largest absolute Gasteiger partial charge is 0.874 e. The van der Waals surface area contributed by atoms with E-state index < -0.39 is 5.97 Å². The van der Waals surface area contributed by atoms with E-state index in [1.807, 2.05) is 0 Å². The summed E-state index contributed by atoms with van der Waals surface area (Å²) in [5.41, 5.74) is 0.0241. The van der Waals surface area contributed by atoms with Crippen LogP contribution in [0.1, 0.15) is 52.4 Å². The number of nitrogens with one attached hydrogen (secondary N) is 1. The highest BCUT2D eigenvalue weighted by molar-refractivity contribution is 5.88. The summed E-state index contributed by atoms with van der Waals surface area (Å²) < 4.78 is 5.00. The van der Waals surface area contributed by atoms with Gasteiger partial charge in [-0.25, -0.2) is 4.79 Å². The first-order valence-electron chi connectivity index (χ1n) is 6.36. The van der Waals surface area contributed by atoms with Crippen LogP contribution in [0, 0.1) is 0 Å². The minimum atomic E-state index is -0.548. The number of hydrogen-bond acceptors (Lipinski definition) is 4. The van der Waals surface area contributed by atoms with E-state index >= 15 is 0 Å². The summed E-state index contributed by atoms with van der Waals surface area (Å²) in [5, 5.41) is 13.6. The first-order chi connectivity index (χ1) is 8.13. The van der Waals surface area contributed by atoms with Crippen LogP contribution in [0.2, 0.25) is 0 Å². The Hall–Kier alpha value is -1.19. The average molecular weight is 242 g/mol. The van der Waals surface area contributed by atoms with Crippen molar-refractivity contribution in [3.8, 4) is 0 Å². The van der Waals surface area contributed by atoms with Crippen molar-refractivity contribution in [2.24, 2.45) is 0 Å². The molecule has 1 N–H and O–H groups in total. The van der Waals surface area contributed by atoms with Gasteiger partial charge in [-0.15, -0.1) is 5.76 Å². The Morgan fingerprint density at radius 2 is 1.76 bits per heavy atom. The molecule has 0 amide bonds. The summed E-state index contributed by atoms with van der Waals surface area (Å²) in [5.74, 6) is -0.839. The van der Waals surface area contributed by atoms with Crippen molar-refractivity contribution in [2.45, 2.75) is 52.4 Å². The number of hydrogen-bond donors (Lipinski definition) is 1. The van der Waals surface area contributed by atoms with E-state index in [4.69, 9.17) is 4.74 Å². The fraction of sp³-hybridized carbons (Fsp3) is 0.769. The molecule has 0 spiro atoms. The van der Waals surface area contributed by atoms with Crippen molar-refractivity contribution in [1.29, 1.82) is 0 Å². The normalized spacial score (nSPS) is 11.9. The van der Waals surface area contributed by atoms with Gasteiger partial charge in [0.25, 0.3) is 0 Å². The number of unbranched alkanes of at least 4 members (excludes halogenated alkanes) is 5. The first-order valence-corrected chi connectivity index (χ1v) is 6.36. The van der Waals surface area contributed by atoms with Gasteiger partial charge in [0.05, 0.1) is 6.61 Å². The van der Waals surface area contributed by atoms with E-state index in [-0.39, 0.29) is 11.5 Å². The number of allylic oxidation sites excluding steroid dienone is 1. The lowest BCUT2D eigenvalue weighted by Gasteiger charge is -2.14.